The monoisotopic (exact) mass is 475 g/mol. The van der Waals surface area contributed by atoms with Gasteiger partial charge in [-0.3, -0.25) is 0 Å². The Morgan fingerprint density at radius 3 is 1.67 bits per heavy atom. The van der Waals surface area contributed by atoms with Crippen LogP contribution >= 0.6 is 0 Å². The molecule has 0 bridgehead atoms. The van der Waals surface area contributed by atoms with Gasteiger partial charge in [-0.05, 0) is 0 Å². The number of halogens is 2. The van der Waals surface area contributed by atoms with Crippen molar-refractivity contribution in [1.82, 2.24) is 0 Å². The van der Waals surface area contributed by atoms with Gasteiger partial charge in [0.05, 0.1) is 0 Å². The molecule has 0 saturated heterocycles. The SMILES string of the molecule is C[CH2][Zr+2](=[CH]C(C)C)([CH]1C=Cc2ccccc21)[CH]1C=Cc2ccccc21.[Cl-].[Cl-]. The van der Waals surface area contributed by atoms with E-state index in [1.165, 1.54) is 15.3 Å². The van der Waals surface area contributed by atoms with Gasteiger partial charge in [0.25, 0.3) is 0 Å². The zero-order valence-electron chi connectivity index (χ0n) is 16.2. The summed E-state index contributed by atoms with van der Waals surface area (Å²) in [6, 6.07) is 18.1. The average Bonchev–Trinajstić information content (AvgIpc) is 3.24. The smallest absolute Gasteiger partial charge is 1.00 e. The van der Waals surface area contributed by atoms with Crippen molar-refractivity contribution in [2.45, 2.75) is 32.2 Å². The van der Waals surface area contributed by atoms with Gasteiger partial charge in [-0.25, -0.2) is 0 Å². The second kappa shape index (κ2) is 9.17. The molecule has 2 unspecified atom stereocenters. The second-order valence-corrected chi connectivity index (χ2v) is 18.9. The quantitative estimate of drug-likeness (QED) is 0.605. The van der Waals surface area contributed by atoms with Gasteiger partial charge in [-0.1, -0.05) is 0 Å². The molecule has 0 fully saturated rings. The van der Waals surface area contributed by atoms with E-state index in [1.807, 2.05) is 0 Å². The molecule has 0 amide bonds. The Morgan fingerprint density at radius 2 is 1.26 bits per heavy atom. The molecule has 0 spiro atoms. The van der Waals surface area contributed by atoms with Crippen molar-refractivity contribution in [3.8, 4) is 0 Å². The zero-order chi connectivity index (χ0) is 17.4. The van der Waals surface area contributed by atoms with E-state index in [9.17, 15) is 0 Å². The molecular weight excluding hydrogens is 450 g/mol. The maximum absolute atomic E-state index is 2.84. The molecule has 0 heterocycles. The van der Waals surface area contributed by atoms with Crippen LogP contribution in [0.3, 0.4) is 0 Å². The molecule has 141 valence electrons. The second-order valence-electron chi connectivity index (χ2n) is 7.81. The van der Waals surface area contributed by atoms with Gasteiger partial charge < -0.3 is 24.8 Å². The molecule has 4 rings (SSSR count). The molecule has 0 nitrogen and oxygen atoms in total. The van der Waals surface area contributed by atoms with E-state index < -0.39 is 19.8 Å². The first-order valence-electron chi connectivity index (χ1n) is 9.56. The van der Waals surface area contributed by atoms with Crippen LogP contribution in [0, 0.1) is 5.92 Å². The third-order valence-corrected chi connectivity index (χ3v) is 20.4. The number of fused-ring (bicyclic) bond motifs is 2. The van der Waals surface area contributed by atoms with Crippen LogP contribution in [-0.2, 0) is 19.8 Å². The van der Waals surface area contributed by atoms with Crippen molar-refractivity contribution >= 4 is 15.9 Å². The Labute approximate surface area is 180 Å². The minimum atomic E-state index is -2.73. The molecule has 0 N–H and O–H groups in total. The van der Waals surface area contributed by atoms with E-state index in [4.69, 9.17) is 0 Å². The van der Waals surface area contributed by atoms with Crippen LogP contribution < -0.4 is 24.8 Å². The Balaban J connectivity index is 0.00000131. The number of hydrogen-bond acceptors (Lipinski definition) is 0. The molecule has 2 aromatic rings. The first-order valence-corrected chi connectivity index (χ1v) is 15.6. The molecule has 2 aliphatic rings. The van der Waals surface area contributed by atoms with Crippen molar-refractivity contribution in [3.63, 3.8) is 0 Å². The van der Waals surface area contributed by atoms with Gasteiger partial charge >= 0.3 is 157 Å². The van der Waals surface area contributed by atoms with Crippen LogP contribution in [-0.4, -0.2) is 3.71 Å². The predicted octanol–water partition coefficient (Wildman–Crippen LogP) is 0.581. The van der Waals surface area contributed by atoms with Gasteiger partial charge in [0.2, 0.25) is 0 Å². The van der Waals surface area contributed by atoms with Gasteiger partial charge in [0, 0.05) is 0 Å². The first kappa shape index (κ1) is 22.5. The summed E-state index contributed by atoms with van der Waals surface area (Å²) in [5.41, 5.74) is 6.04. The van der Waals surface area contributed by atoms with Crippen LogP contribution in [0.25, 0.3) is 12.2 Å². The number of benzene rings is 2. The normalized spacial score (nSPS) is 19.9. The summed E-state index contributed by atoms with van der Waals surface area (Å²) in [5, 5.41) is 0. The van der Waals surface area contributed by atoms with E-state index in [1.54, 1.807) is 11.1 Å². The summed E-state index contributed by atoms with van der Waals surface area (Å²) in [5.74, 6) is 0.651. The van der Waals surface area contributed by atoms with Gasteiger partial charge in [-0.15, -0.1) is 0 Å². The summed E-state index contributed by atoms with van der Waals surface area (Å²) in [4.78, 5) is 0. The molecule has 0 aromatic heterocycles. The van der Waals surface area contributed by atoms with Crippen molar-refractivity contribution in [3.05, 3.63) is 82.9 Å². The fourth-order valence-corrected chi connectivity index (χ4v) is 19.2. The summed E-state index contributed by atoms with van der Waals surface area (Å²) in [7, 11) is 0. The summed E-state index contributed by atoms with van der Waals surface area (Å²) in [6.07, 6.45) is 9.83. The predicted molar refractivity (Wildman–Crippen MR) is 108 cm³/mol. The molecule has 2 atom stereocenters. The van der Waals surface area contributed by atoms with Gasteiger partial charge in [0.1, 0.15) is 0 Å². The van der Waals surface area contributed by atoms with E-state index >= 15 is 0 Å². The Hall–Kier alpha value is -0.747. The minimum Gasteiger partial charge on any atom is -1.00 e. The van der Waals surface area contributed by atoms with E-state index in [2.05, 4.69) is 97.3 Å². The van der Waals surface area contributed by atoms with Gasteiger partial charge in [0.15, 0.2) is 0 Å². The van der Waals surface area contributed by atoms with Crippen molar-refractivity contribution in [1.29, 1.82) is 0 Å². The third kappa shape index (κ3) is 3.89. The van der Waals surface area contributed by atoms with Crippen LogP contribution in [0.2, 0.25) is 4.13 Å². The average molecular weight is 478 g/mol. The van der Waals surface area contributed by atoms with E-state index in [0.29, 0.717) is 13.2 Å². The fraction of sp³-hybridized carbons (Fsp3) is 0.292. The topological polar surface area (TPSA) is 0 Å². The fourth-order valence-electron chi connectivity index (χ4n) is 5.02. The summed E-state index contributed by atoms with van der Waals surface area (Å²) >= 11 is -2.73. The molecule has 0 radical (unpaired) electrons. The molecular formula is C24H27Cl2Zr. The van der Waals surface area contributed by atoms with Crippen molar-refractivity contribution in [2.24, 2.45) is 5.92 Å². The van der Waals surface area contributed by atoms with Crippen LogP contribution in [0.15, 0.2) is 60.7 Å². The molecule has 0 aliphatic heterocycles. The molecule has 2 aliphatic carbocycles. The summed E-state index contributed by atoms with van der Waals surface area (Å²) in [6.45, 7) is 7.20. The molecule has 0 saturated carbocycles. The van der Waals surface area contributed by atoms with Crippen LogP contribution in [0.5, 0.6) is 0 Å². The number of allylic oxidation sites excluding steroid dienone is 2. The van der Waals surface area contributed by atoms with Gasteiger partial charge in [-0.2, -0.15) is 0 Å². The standard InChI is InChI=1S/2C9H7.C4H8.C2H5.2ClH.Zr/c2*1-2-5-9-7-3-6-8(9)4-1;1-4(2)3;1-2;;;/h2*1-7H;1,4H,2-3H3;1H2,2H3;2*1H;/q;;;;;;+2/p-2. The van der Waals surface area contributed by atoms with Crippen LogP contribution in [0.4, 0.5) is 0 Å². The minimum absolute atomic E-state index is 0. The zero-order valence-corrected chi connectivity index (χ0v) is 20.2. The molecule has 2 aromatic carbocycles. The maximum Gasteiger partial charge on any atom is -1.00 e. The maximum atomic E-state index is 2.84. The number of rotatable bonds is 4. The number of hydrogen-bond donors (Lipinski definition) is 0. The Kier molecular flexibility index (Phi) is 7.65. The van der Waals surface area contributed by atoms with Crippen molar-refractivity contribution < 1.29 is 44.6 Å². The van der Waals surface area contributed by atoms with Crippen LogP contribution in [0.1, 0.15) is 50.3 Å². The Bertz CT molecular complexity index is 843. The first-order chi connectivity index (χ1) is 12.2. The van der Waals surface area contributed by atoms with E-state index in [-0.39, 0.29) is 24.8 Å². The van der Waals surface area contributed by atoms with E-state index in [0.717, 1.165) is 0 Å². The third-order valence-electron chi connectivity index (χ3n) is 6.01. The summed E-state index contributed by atoms with van der Waals surface area (Å²) < 4.78 is 5.49. The largest absolute Gasteiger partial charge is 1.00 e. The Morgan fingerprint density at radius 1 is 0.815 bits per heavy atom. The molecule has 3 heteroatoms. The molecule has 27 heavy (non-hydrogen) atoms. The van der Waals surface area contributed by atoms with Crippen molar-refractivity contribution in [2.75, 3.05) is 0 Å².